The van der Waals surface area contributed by atoms with Crippen LogP contribution < -0.4 is 5.32 Å². The van der Waals surface area contributed by atoms with Gasteiger partial charge in [0.1, 0.15) is 8.07 Å². The molecule has 70 valence electrons. The van der Waals surface area contributed by atoms with Crippen molar-refractivity contribution in [3.8, 4) is 11.5 Å². The second kappa shape index (κ2) is 4.11. The highest BCUT2D eigenvalue weighted by atomic mass is 28.3. The summed E-state index contributed by atoms with van der Waals surface area (Å²) in [6.07, 6.45) is 0. The van der Waals surface area contributed by atoms with Crippen LogP contribution in [0.15, 0.2) is 0 Å². The summed E-state index contributed by atoms with van der Waals surface area (Å²) in [4.78, 5) is 0. The first-order valence-electron chi connectivity index (χ1n) is 4.46. The first-order valence-corrected chi connectivity index (χ1v) is 7.96. The Morgan fingerprint density at radius 3 is 2.00 bits per heavy atom. The van der Waals surface area contributed by atoms with Crippen LogP contribution in [0.5, 0.6) is 0 Å². The monoisotopic (exact) mass is 183 g/mol. The molecule has 0 unspecified atom stereocenters. The van der Waals surface area contributed by atoms with Crippen molar-refractivity contribution in [2.24, 2.45) is 0 Å². The fraction of sp³-hybridized carbons (Fsp3) is 0.800. The van der Waals surface area contributed by atoms with Crippen LogP contribution in [-0.4, -0.2) is 20.2 Å². The lowest BCUT2D eigenvalue weighted by Gasteiger charge is -2.18. The molecule has 0 amide bonds. The van der Waals surface area contributed by atoms with Crippen molar-refractivity contribution >= 4 is 8.07 Å². The third-order valence-corrected chi connectivity index (χ3v) is 2.10. The molecule has 1 nitrogen and oxygen atoms in total. The average molecular weight is 183 g/mol. The van der Waals surface area contributed by atoms with Crippen molar-refractivity contribution < 1.29 is 0 Å². The molecule has 0 heterocycles. The van der Waals surface area contributed by atoms with Crippen LogP contribution in [0.4, 0.5) is 0 Å². The van der Waals surface area contributed by atoms with Gasteiger partial charge in [0.2, 0.25) is 0 Å². The molecule has 0 aliphatic rings. The lowest BCUT2D eigenvalue weighted by atomic mass is 10.1. The summed E-state index contributed by atoms with van der Waals surface area (Å²) in [5, 5.41) is 3.34. The molecule has 0 bridgehead atoms. The van der Waals surface area contributed by atoms with Crippen molar-refractivity contribution in [2.45, 2.75) is 46.0 Å². The average Bonchev–Trinajstić information content (AvgIpc) is 1.76. The zero-order chi connectivity index (χ0) is 9.83. The van der Waals surface area contributed by atoms with E-state index < -0.39 is 8.07 Å². The van der Waals surface area contributed by atoms with Gasteiger partial charge in [0.15, 0.2) is 0 Å². The summed E-state index contributed by atoms with van der Waals surface area (Å²) < 4.78 is 0. The number of hydrogen-bond acceptors (Lipinski definition) is 1. The molecule has 0 rings (SSSR count). The van der Waals surface area contributed by atoms with Gasteiger partial charge in [0.25, 0.3) is 0 Å². The highest BCUT2D eigenvalue weighted by Gasteiger charge is 2.08. The molecule has 0 saturated carbocycles. The van der Waals surface area contributed by atoms with E-state index in [1.807, 2.05) is 0 Å². The van der Waals surface area contributed by atoms with Gasteiger partial charge in [-0.25, -0.2) is 0 Å². The number of rotatable bonds is 1. The molecule has 12 heavy (non-hydrogen) atoms. The predicted molar refractivity (Wildman–Crippen MR) is 58.9 cm³/mol. The maximum absolute atomic E-state index is 3.34. The van der Waals surface area contributed by atoms with Crippen LogP contribution >= 0.6 is 0 Å². The molecule has 0 aliphatic heterocycles. The van der Waals surface area contributed by atoms with Crippen molar-refractivity contribution in [1.82, 2.24) is 5.32 Å². The van der Waals surface area contributed by atoms with E-state index in [2.05, 4.69) is 57.2 Å². The fourth-order valence-corrected chi connectivity index (χ4v) is 1.24. The molecule has 1 N–H and O–H groups in total. The van der Waals surface area contributed by atoms with Crippen molar-refractivity contribution in [2.75, 3.05) is 6.54 Å². The lowest BCUT2D eigenvalue weighted by Crippen LogP contribution is -2.36. The zero-order valence-corrected chi connectivity index (χ0v) is 10.2. The Morgan fingerprint density at radius 2 is 1.67 bits per heavy atom. The zero-order valence-electron chi connectivity index (χ0n) is 9.21. The molecule has 0 spiro atoms. The third-order valence-electron chi connectivity index (χ3n) is 1.17. The fourth-order valence-electron chi connectivity index (χ4n) is 0.619. The van der Waals surface area contributed by atoms with Crippen LogP contribution in [0.25, 0.3) is 0 Å². The van der Waals surface area contributed by atoms with Crippen LogP contribution in [0.3, 0.4) is 0 Å². The highest BCUT2D eigenvalue weighted by Crippen LogP contribution is 1.98. The minimum Gasteiger partial charge on any atom is -0.301 e. The topological polar surface area (TPSA) is 12.0 Å². The van der Waals surface area contributed by atoms with Gasteiger partial charge in [-0.3, -0.25) is 0 Å². The quantitative estimate of drug-likeness (QED) is 0.486. The standard InChI is InChI=1S/C10H21NSi/c1-10(2,3)11-8-7-9-12(4,5)6/h11H,8H2,1-6H3. The SMILES string of the molecule is CC(C)(C)NCC#C[Si](C)(C)C. The minimum absolute atomic E-state index is 0.189. The van der Waals surface area contributed by atoms with Crippen LogP contribution in [-0.2, 0) is 0 Å². The Hall–Kier alpha value is -0.263. The Morgan fingerprint density at radius 1 is 1.17 bits per heavy atom. The van der Waals surface area contributed by atoms with Gasteiger partial charge in [-0.2, -0.15) is 0 Å². The normalized spacial score (nSPS) is 12.2. The molecule has 0 atom stereocenters. The van der Waals surface area contributed by atoms with E-state index in [1.165, 1.54) is 0 Å². The second-order valence-electron chi connectivity index (χ2n) is 5.16. The van der Waals surface area contributed by atoms with Gasteiger partial charge < -0.3 is 5.32 Å². The Balaban J connectivity index is 3.75. The van der Waals surface area contributed by atoms with E-state index in [0.29, 0.717) is 0 Å². The number of hydrogen-bond donors (Lipinski definition) is 1. The maximum atomic E-state index is 3.34. The van der Waals surface area contributed by atoms with Crippen molar-refractivity contribution in [3.05, 3.63) is 0 Å². The molecule has 0 saturated heterocycles. The van der Waals surface area contributed by atoms with Crippen LogP contribution in [0.2, 0.25) is 19.6 Å². The maximum Gasteiger partial charge on any atom is 0.129 e. The van der Waals surface area contributed by atoms with E-state index in [-0.39, 0.29) is 5.54 Å². The summed E-state index contributed by atoms with van der Waals surface area (Å²) in [7, 11) is -1.15. The first kappa shape index (κ1) is 11.7. The van der Waals surface area contributed by atoms with Gasteiger partial charge in [0.05, 0.1) is 6.54 Å². The van der Waals surface area contributed by atoms with E-state index in [0.717, 1.165) is 6.54 Å². The molecule has 0 fully saturated rings. The van der Waals surface area contributed by atoms with Gasteiger partial charge in [-0.1, -0.05) is 25.6 Å². The van der Waals surface area contributed by atoms with Crippen LogP contribution in [0, 0.1) is 11.5 Å². The van der Waals surface area contributed by atoms with Crippen molar-refractivity contribution in [3.63, 3.8) is 0 Å². The largest absolute Gasteiger partial charge is 0.301 e. The van der Waals surface area contributed by atoms with E-state index in [1.54, 1.807) is 0 Å². The minimum atomic E-state index is -1.15. The smallest absolute Gasteiger partial charge is 0.129 e. The summed E-state index contributed by atoms with van der Waals surface area (Å²) in [5.41, 5.74) is 3.51. The number of nitrogens with one attached hydrogen (secondary N) is 1. The van der Waals surface area contributed by atoms with Crippen molar-refractivity contribution in [1.29, 1.82) is 0 Å². The van der Waals surface area contributed by atoms with E-state index in [9.17, 15) is 0 Å². The summed E-state index contributed by atoms with van der Waals surface area (Å²) in [6.45, 7) is 14.1. The van der Waals surface area contributed by atoms with Gasteiger partial charge in [-0.15, -0.1) is 5.54 Å². The van der Waals surface area contributed by atoms with Gasteiger partial charge >= 0.3 is 0 Å². The second-order valence-corrected chi connectivity index (χ2v) is 9.91. The Bertz CT molecular complexity index is 185. The molecule has 0 aromatic heterocycles. The molecule has 0 radical (unpaired) electrons. The molecule has 0 aliphatic carbocycles. The third kappa shape index (κ3) is 9.74. The molecule has 0 aromatic carbocycles. The summed E-state index contributed by atoms with van der Waals surface area (Å²) in [6, 6.07) is 0. The summed E-state index contributed by atoms with van der Waals surface area (Å²) >= 11 is 0. The molecular formula is C10H21NSi. The van der Waals surface area contributed by atoms with E-state index >= 15 is 0 Å². The Labute approximate surface area is 78.0 Å². The molecule has 2 heteroatoms. The Kier molecular flexibility index (Phi) is 4.02. The predicted octanol–water partition coefficient (Wildman–Crippen LogP) is 2.26. The lowest BCUT2D eigenvalue weighted by molar-refractivity contribution is 0.452. The van der Waals surface area contributed by atoms with Gasteiger partial charge in [-0.05, 0) is 20.8 Å². The first-order chi connectivity index (χ1) is 5.21. The van der Waals surface area contributed by atoms with Crippen LogP contribution in [0.1, 0.15) is 20.8 Å². The van der Waals surface area contributed by atoms with Gasteiger partial charge in [0, 0.05) is 5.54 Å². The highest BCUT2D eigenvalue weighted by molar-refractivity contribution is 6.83. The molecule has 0 aromatic rings. The van der Waals surface area contributed by atoms with E-state index in [4.69, 9.17) is 0 Å². The molecular weight excluding hydrogens is 162 g/mol. The summed E-state index contributed by atoms with van der Waals surface area (Å²) in [5.74, 6) is 3.18.